The van der Waals surface area contributed by atoms with Crippen molar-refractivity contribution in [2.24, 2.45) is 0 Å². The second-order valence-corrected chi connectivity index (χ2v) is 6.92. The summed E-state index contributed by atoms with van der Waals surface area (Å²) >= 11 is 0. The Morgan fingerprint density at radius 1 is 1.27 bits per heavy atom. The molecule has 1 aliphatic rings. The molecule has 0 bridgehead atoms. The Balaban J connectivity index is 1.68. The van der Waals surface area contributed by atoms with Crippen LogP contribution >= 0.6 is 0 Å². The van der Waals surface area contributed by atoms with Gasteiger partial charge in [0.15, 0.2) is 0 Å². The monoisotopic (exact) mass is 402 g/mol. The second-order valence-electron chi connectivity index (χ2n) is 6.92. The fraction of sp³-hybridized carbons (Fsp3) is 0.261. The number of hydrogen-bond acceptors (Lipinski definition) is 6. The van der Waals surface area contributed by atoms with Crippen LogP contribution in [0.25, 0.3) is 10.9 Å². The van der Waals surface area contributed by atoms with Gasteiger partial charge in [-0.15, -0.1) is 6.42 Å². The van der Waals surface area contributed by atoms with Crippen molar-refractivity contribution < 1.29 is 14.3 Å². The van der Waals surface area contributed by atoms with Gasteiger partial charge in [0.25, 0.3) is 0 Å². The summed E-state index contributed by atoms with van der Waals surface area (Å²) < 4.78 is 10.9. The molecule has 0 atom stereocenters. The predicted molar refractivity (Wildman–Crippen MR) is 115 cm³/mol. The zero-order valence-electron chi connectivity index (χ0n) is 16.7. The number of terminal acetylenes is 1. The lowest BCUT2D eigenvalue weighted by Gasteiger charge is -2.27. The molecule has 152 valence electrons. The van der Waals surface area contributed by atoms with Gasteiger partial charge in [-0.3, -0.25) is 4.79 Å². The first-order valence-electron chi connectivity index (χ1n) is 9.69. The van der Waals surface area contributed by atoms with Gasteiger partial charge in [0.1, 0.15) is 17.9 Å². The number of carbonyl (C=O) groups is 1. The third-order valence-electron chi connectivity index (χ3n) is 5.03. The zero-order chi connectivity index (χ0) is 20.9. The molecule has 4 rings (SSSR count). The number of methoxy groups -OCH3 is 1. The van der Waals surface area contributed by atoms with E-state index in [1.54, 1.807) is 7.11 Å². The Kier molecular flexibility index (Phi) is 5.77. The topological polar surface area (TPSA) is 76.6 Å². The number of aromatic nitrogens is 2. The van der Waals surface area contributed by atoms with Crippen LogP contribution in [0.4, 0.5) is 11.5 Å². The van der Waals surface area contributed by atoms with Gasteiger partial charge in [-0.1, -0.05) is 12.0 Å². The van der Waals surface area contributed by atoms with Gasteiger partial charge in [-0.25, -0.2) is 9.97 Å². The Bertz CT molecular complexity index is 1120. The lowest BCUT2D eigenvalue weighted by Crippen LogP contribution is -2.41. The lowest BCUT2D eigenvalue weighted by molar-refractivity contribution is -0.134. The molecule has 1 N–H and O–H groups in total. The Labute approximate surface area is 175 Å². The number of carbonyl (C=O) groups excluding carboxylic acids is 1. The number of amides is 1. The van der Waals surface area contributed by atoms with Crippen molar-refractivity contribution in [3.8, 4) is 18.1 Å². The van der Waals surface area contributed by atoms with Crippen LogP contribution in [0.15, 0.2) is 42.7 Å². The molecule has 0 radical (unpaired) electrons. The van der Waals surface area contributed by atoms with E-state index in [4.69, 9.17) is 15.9 Å². The molecule has 0 saturated carbocycles. The van der Waals surface area contributed by atoms with E-state index in [-0.39, 0.29) is 12.3 Å². The van der Waals surface area contributed by atoms with Gasteiger partial charge in [0.05, 0.1) is 32.3 Å². The van der Waals surface area contributed by atoms with Gasteiger partial charge in [0.2, 0.25) is 5.91 Å². The number of fused-ring (bicyclic) bond motifs is 1. The fourth-order valence-corrected chi connectivity index (χ4v) is 3.47. The smallest absolute Gasteiger partial charge is 0.227 e. The molecular formula is C23H22N4O3. The molecule has 1 saturated heterocycles. The highest BCUT2D eigenvalue weighted by molar-refractivity contribution is 5.93. The third kappa shape index (κ3) is 4.19. The largest absolute Gasteiger partial charge is 0.496 e. The van der Waals surface area contributed by atoms with E-state index in [0.717, 1.165) is 27.7 Å². The van der Waals surface area contributed by atoms with Gasteiger partial charge < -0.3 is 19.7 Å². The van der Waals surface area contributed by atoms with Crippen LogP contribution in [0.3, 0.4) is 0 Å². The lowest BCUT2D eigenvalue weighted by atomic mass is 10.1. The summed E-state index contributed by atoms with van der Waals surface area (Å²) in [4.78, 5) is 23.3. The van der Waals surface area contributed by atoms with E-state index in [2.05, 4.69) is 21.2 Å². The first kappa shape index (κ1) is 19.7. The summed E-state index contributed by atoms with van der Waals surface area (Å²) in [5, 5.41) is 4.10. The minimum absolute atomic E-state index is 0.0454. The molecule has 0 unspecified atom stereocenters. The van der Waals surface area contributed by atoms with Crippen LogP contribution in [0.5, 0.6) is 5.75 Å². The minimum Gasteiger partial charge on any atom is -0.496 e. The fourth-order valence-electron chi connectivity index (χ4n) is 3.47. The third-order valence-corrected chi connectivity index (χ3v) is 5.03. The van der Waals surface area contributed by atoms with E-state index in [1.807, 2.05) is 41.3 Å². The maximum Gasteiger partial charge on any atom is 0.227 e. The van der Waals surface area contributed by atoms with E-state index in [0.29, 0.717) is 37.9 Å². The standard InChI is InChI=1S/C23H22N4O3/c1-3-16-5-4-6-18(11-16)26-23-19-12-17(13-22(28)27-7-9-30-10-8-27)21(29-2)14-20(19)24-15-25-23/h1,4-6,11-12,14-15H,7-10,13H2,2H3,(H,24,25,26). The van der Waals surface area contributed by atoms with Crippen molar-refractivity contribution in [3.63, 3.8) is 0 Å². The molecule has 30 heavy (non-hydrogen) atoms. The van der Waals surface area contributed by atoms with Crippen LogP contribution in [0, 0.1) is 12.3 Å². The maximum atomic E-state index is 12.8. The summed E-state index contributed by atoms with van der Waals surface area (Å²) in [5.41, 5.74) is 3.11. The molecule has 2 aromatic carbocycles. The summed E-state index contributed by atoms with van der Waals surface area (Å²) in [6, 6.07) is 11.3. The zero-order valence-corrected chi connectivity index (χ0v) is 16.7. The number of benzene rings is 2. The van der Waals surface area contributed by atoms with E-state index in [9.17, 15) is 4.79 Å². The van der Waals surface area contributed by atoms with E-state index < -0.39 is 0 Å². The van der Waals surface area contributed by atoms with Crippen LogP contribution in [0.1, 0.15) is 11.1 Å². The van der Waals surface area contributed by atoms with Crippen LogP contribution < -0.4 is 10.1 Å². The Morgan fingerprint density at radius 3 is 2.87 bits per heavy atom. The van der Waals surface area contributed by atoms with Crippen LogP contribution in [0.2, 0.25) is 0 Å². The molecule has 0 aliphatic carbocycles. The first-order valence-corrected chi connectivity index (χ1v) is 9.69. The van der Waals surface area contributed by atoms with Gasteiger partial charge in [-0.05, 0) is 24.3 Å². The quantitative estimate of drug-likeness (QED) is 0.662. The van der Waals surface area contributed by atoms with Gasteiger partial charge in [0, 0.05) is 41.4 Å². The minimum atomic E-state index is 0.0454. The molecule has 3 aromatic rings. The molecule has 0 spiro atoms. The molecule has 2 heterocycles. The molecule has 1 aliphatic heterocycles. The predicted octanol–water partition coefficient (Wildman–Crippen LogP) is 2.76. The van der Waals surface area contributed by atoms with Crippen LogP contribution in [-0.2, 0) is 16.0 Å². The summed E-state index contributed by atoms with van der Waals surface area (Å²) in [6.07, 6.45) is 7.23. The Hall–Kier alpha value is -3.63. The normalized spacial score (nSPS) is 13.7. The number of morpholine rings is 1. The Morgan fingerprint density at radius 2 is 2.10 bits per heavy atom. The molecular weight excluding hydrogens is 380 g/mol. The highest BCUT2D eigenvalue weighted by Crippen LogP contribution is 2.30. The number of ether oxygens (including phenoxy) is 2. The first-order chi connectivity index (χ1) is 14.7. The van der Waals surface area contributed by atoms with Crippen molar-refractivity contribution in [3.05, 3.63) is 53.9 Å². The summed E-state index contributed by atoms with van der Waals surface area (Å²) in [7, 11) is 1.59. The maximum absolute atomic E-state index is 12.8. The SMILES string of the molecule is C#Cc1cccc(Nc2ncnc3cc(OC)c(CC(=O)N4CCOCC4)cc23)c1. The molecule has 7 nitrogen and oxygen atoms in total. The molecule has 1 fully saturated rings. The average molecular weight is 402 g/mol. The molecule has 1 aromatic heterocycles. The van der Waals surface area contributed by atoms with E-state index in [1.165, 1.54) is 6.33 Å². The van der Waals surface area contributed by atoms with Gasteiger partial charge in [-0.2, -0.15) is 0 Å². The number of rotatable bonds is 5. The van der Waals surface area contributed by atoms with Crippen molar-refractivity contribution >= 4 is 28.3 Å². The number of anilines is 2. The molecule has 1 amide bonds. The second kappa shape index (κ2) is 8.80. The van der Waals surface area contributed by atoms with Crippen LogP contribution in [-0.4, -0.2) is 54.2 Å². The summed E-state index contributed by atoms with van der Waals surface area (Å²) in [5.74, 6) is 3.94. The van der Waals surface area contributed by atoms with Gasteiger partial charge >= 0.3 is 0 Å². The van der Waals surface area contributed by atoms with Crippen molar-refractivity contribution in [1.82, 2.24) is 14.9 Å². The summed E-state index contributed by atoms with van der Waals surface area (Å²) in [6.45, 7) is 2.35. The average Bonchev–Trinajstić information content (AvgIpc) is 2.79. The van der Waals surface area contributed by atoms with Crippen molar-refractivity contribution in [2.45, 2.75) is 6.42 Å². The van der Waals surface area contributed by atoms with Crippen molar-refractivity contribution in [1.29, 1.82) is 0 Å². The highest BCUT2D eigenvalue weighted by atomic mass is 16.5. The number of nitrogens with one attached hydrogen (secondary N) is 1. The highest BCUT2D eigenvalue weighted by Gasteiger charge is 2.20. The van der Waals surface area contributed by atoms with E-state index >= 15 is 0 Å². The molecule has 7 heteroatoms. The van der Waals surface area contributed by atoms with Crippen molar-refractivity contribution in [2.75, 3.05) is 38.7 Å². The number of hydrogen-bond donors (Lipinski definition) is 1. The number of nitrogens with zero attached hydrogens (tertiary/aromatic N) is 3.